The molecule has 1 saturated carbocycles. The highest BCUT2D eigenvalue weighted by Gasteiger charge is 2.32. The molecule has 112 valence electrons. The normalized spacial score (nSPS) is 17.2. The summed E-state index contributed by atoms with van der Waals surface area (Å²) >= 11 is 0. The van der Waals surface area contributed by atoms with Crippen molar-refractivity contribution in [3.63, 3.8) is 0 Å². The monoisotopic (exact) mass is 287 g/mol. The first kappa shape index (κ1) is 14.2. The van der Waals surface area contributed by atoms with Gasteiger partial charge in [-0.05, 0) is 18.4 Å². The molecule has 2 aromatic rings. The number of rotatable bonds is 6. The molecule has 3 rings (SSSR count). The van der Waals surface area contributed by atoms with E-state index in [1.54, 1.807) is 0 Å². The molecule has 1 aromatic heterocycles. The fourth-order valence-corrected chi connectivity index (χ4v) is 2.91. The molecule has 1 aromatic carbocycles. The lowest BCUT2D eigenvalue weighted by atomic mass is 9.99. The van der Waals surface area contributed by atoms with Crippen LogP contribution in [0, 0.1) is 0 Å². The van der Waals surface area contributed by atoms with Crippen LogP contribution in [0.2, 0.25) is 0 Å². The highest BCUT2D eigenvalue weighted by Crippen LogP contribution is 2.29. The summed E-state index contributed by atoms with van der Waals surface area (Å²) in [4.78, 5) is 4.41. The minimum Gasteiger partial charge on any atom is -0.394 e. The molecule has 0 atom stereocenters. The van der Waals surface area contributed by atoms with Gasteiger partial charge in [0.05, 0.1) is 19.6 Å². The molecule has 2 N–H and O–H groups in total. The topological polar surface area (TPSA) is 71.2 Å². The van der Waals surface area contributed by atoms with E-state index in [9.17, 15) is 5.11 Å². The first-order valence-corrected chi connectivity index (χ1v) is 7.51. The molecule has 0 amide bonds. The number of aliphatic hydroxyl groups is 1. The van der Waals surface area contributed by atoms with E-state index in [2.05, 4.69) is 15.5 Å². The van der Waals surface area contributed by atoms with Crippen LogP contribution >= 0.6 is 0 Å². The lowest BCUT2D eigenvalue weighted by Crippen LogP contribution is -2.45. The van der Waals surface area contributed by atoms with Gasteiger partial charge >= 0.3 is 0 Å². The molecule has 1 aliphatic rings. The molecule has 0 aliphatic heterocycles. The standard InChI is InChI=1S/C16H21N3O2/c20-12-16(8-4-5-9-16)17-11-14-18-15(21-19-14)10-13-6-2-1-3-7-13/h1-3,6-7,17,20H,4-5,8-12H2. The first-order valence-electron chi connectivity index (χ1n) is 7.51. The van der Waals surface area contributed by atoms with Gasteiger partial charge in [0, 0.05) is 5.54 Å². The van der Waals surface area contributed by atoms with Crippen molar-refractivity contribution in [2.24, 2.45) is 0 Å². The Bertz CT molecular complexity index is 562. The van der Waals surface area contributed by atoms with Crippen molar-refractivity contribution in [3.05, 3.63) is 47.6 Å². The third kappa shape index (κ3) is 3.49. The van der Waals surface area contributed by atoms with Crippen molar-refractivity contribution in [2.75, 3.05) is 6.61 Å². The van der Waals surface area contributed by atoms with Gasteiger partial charge in [-0.25, -0.2) is 0 Å². The number of nitrogens with zero attached hydrogens (tertiary/aromatic N) is 2. The maximum atomic E-state index is 9.57. The van der Waals surface area contributed by atoms with Gasteiger partial charge in [-0.2, -0.15) is 4.98 Å². The van der Waals surface area contributed by atoms with Crippen LogP contribution in [0.3, 0.4) is 0 Å². The number of nitrogens with one attached hydrogen (secondary N) is 1. The van der Waals surface area contributed by atoms with E-state index in [4.69, 9.17) is 4.52 Å². The summed E-state index contributed by atoms with van der Waals surface area (Å²) in [6.45, 7) is 0.709. The molecule has 1 fully saturated rings. The van der Waals surface area contributed by atoms with Crippen LogP contribution in [0.1, 0.15) is 43.0 Å². The SMILES string of the molecule is OCC1(NCc2noc(Cc3ccccc3)n2)CCCC1. The zero-order valence-electron chi connectivity index (χ0n) is 12.1. The minimum absolute atomic E-state index is 0.153. The Hall–Kier alpha value is -1.72. The molecule has 0 radical (unpaired) electrons. The molecule has 0 spiro atoms. The van der Waals surface area contributed by atoms with E-state index in [0.717, 1.165) is 18.4 Å². The van der Waals surface area contributed by atoms with Gasteiger partial charge in [-0.3, -0.25) is 0 Å². The number of hydrogen-bond donors (Lipinski definition) is 2. The summed E-state index contributed by atoms with van der Waals surface area (Å²) in [6.07, 6.45) is 5.01. The van der Waals surface area contributed by atoms with Crippen LogP contribution in [-0.2, 0) is 13.0 Å². The average Bonchev–Trinajstić information content (AvgIpc) is 3.16. The maximum Gasteiger partial charge on any atom is 0.231 e. The lowest BCUT2D eigenvalue weighted by molar-refractivity contribution is 0.161. The van der Waals surface area contributed by atoms with Gasteiger partial charge < -0.3 is 14.9 Å². The number of aromatic nitrogens is 2. The molecule has 0 saturated heterocycles. The Kier molecular flexibility index (Phi) is 4.31. The summed E-state index contributed by atoms with van der Waals surface area (Å²) in [5.41, 5.74) is 1.00. The summed E-state index contributed by atoms with van der Waals surface area (Å²) in [5, 5.41) is 17.0. The van der Waals surface area contributed by atoms with Crippen molar-refractivity contribution >= 4 is 0 Å². The van der Waals surface area contributed by atoms with Crippen LogP contribution < -0.4 is 5.32 Å². The molecular formula is C16H21N3O2. The third-order valence-electron chi connectivity index (χ3n) is 4.19. The van der Waals surface area contributed by atoms with Crippen molar-refractivity contribution in [3.8, 4) is 0 Å². The van der Waals surface area contributed by atoms with Crippen molar-refractivity contribution in [1.82, 2.24) is 15.5 Å². The summed E-state index contributed by atoms with van der Waals surface area (Å²) in [6, 6.07) is 10.1. The van der Waals surface area contributed by atoms with Crippen LogP contribution in [0.15, 0.2) is 34.9 Å². The summed E-state index contributed by atoms with van der Waals surface area (Å²) in [5.74, 6) is 1.28. The smallest absolute Gasteiger partial charge is 0.231 e. The maximum absolute atomic E-state index is 9.57. The third-order valence-corrected chi connectivity index (χ3v) is 4.19. The van der Waals surface area contributed by atoms with Gasteiger partial charge in [-0.1, -0.05) is 48.3 Å². The Morgan fingerprint density at radius 3 is 2.67 bits per heavy atom. The number of aliphatic hydroxyl groups excluding tert-OH is 1. The van der Waals surface area contributed by atoms with Crippen LogP contribution in [0.5, 0.6) is 0 Å². The molecule has 0 bridgehead atoms. The Balaban J connectivity index is 1.58. The van der Waals surface area contributed by atoms with E-state index in [1.807, 2.05) is 30.3 Å². The van der Waals surface area contributed by atoms with Crippen LogP contribution in [-0.4, -0.2) is 27.4 Å². The molecular weight excluding hydrogens is 266 g/mol. The fraction of sp³-hybridized carbons (Fsp3) is 0.500. The summed E-state index contributed by atoms with van der Waals surface area (Å²) < 4.78 is 5.29. The molecule has 5 heteroatoms. The lowest BCUT2D eigenvalue weighted by Gasteiger charge is -2.27. The summed E-state index contributed by atoms with van der Waals surface area (Å²) in [7, 11) is 0. The number of benzene rings is 1. The second kappa shape index (κ2) is 6.37. The van der Waals surface area contributed by atoms with E-state index >= 15 is 0 Å². The largest absolute Gasteiger partial charge is 0.394 e. The van der Waals surface area contributed by atoms with Crippen LogP contribution in [0.25, 0.3) is 0 Å². The molecule has 1 aliphatic carbocycles. The zero-order valence-corrected chi connectivity index (χ0v) is 12.1. The predicted molar refractivity (Wildman–Crippen MR) is 78.7 cm³/mol. The molecule has 21 heavy (non-hydrogen) atoms. The molecule has 0 unspecified atom stereocenters. The van der Waals surface area contributed by atoms with Gasteiger partial charge in [-0.15, -0.1) is 0 Å². The minimum atomic E-state index is -0.153. The first-order chi connectivity index (χ1) is 10.3. The quantitative estimate of drug-likeness (QED) is 0.851. The number of hydrogen-bond acceptors (Lipinski definition) is 5. The average molecular weight is 287 g/mol. The van der Waals surface area contributed by atoms with Crippen molar-refractivity contribution in [2.45, 2.75) is 44.2 Å². The highest BCUT2D eigenvalue weighted by molar-refractivity contribution is 5.17. The second-order valence-corrected chi connectivity index (χ2v) is 5.77. The van der Waals surface area contributed by atoms with E-state index < -0.39 is 0 Å². The molecule has 1 heterocycles. The zero-order chi connectivity index (χ0) is 14.5. The molecule has 5 nitrogen and oxygen atoms in total. The van der Waals surface area contributed by atoms with E-state index in [1.165, 1.54) is 12.8 Å². The van der Waals surface area contributed by atoms with Crippen molar-refractivity contribution in [1.29, 1.82) is 0 Å². The van der Waals surface area contributed by atoms with Gasteiger partial charge in [0.1, 0.15) is 0 Å². The van der Waals surface area contributed by atoms with E-state index in [-0.39, 0.29) is 12.1 Å². The Morgan fingerprint density at radius 1 is 1.19 bits per heavy atom. The van der Waals surface area contributed by atoms with Gasteiger partial charge in [0.2, 0.25) is 5.89 Å². The highest BCUT2D eigenvalue weighted by atomic mass is 16.5. The fourth-order valence-electron chi connectivity index (χ4n) is 2.91. The predicted octanol–water partition coefficient (Wildman–Crippen LogP) is 2.06. The van der Waals surface area contributed by atoms with Crippen LogP contribution in [0.4, 0.5) is 0 Å². The van der Waals surface area contributed by atoms with Crippen molar-refractivity contribution < 1.29 is 9.63 Å². The second-order valence-electron chi connectivity index (χ2n) is 5.77. The van der Waals surface area contributed by atoms with Gasteiger partial charge in [0.15, 0.2) is 5.82 Å². The Labute approximate surface area is 124 Å². The Morgan fingerprint density at radius 2 is 1.95 bits per heavy atom. The van der Waals surface area contributed by atoms with Gasteiger partial charge in [0.25, 0.3) is 0 Å². The van der Waals surface area contributed by atoms with E-state index in [0.29, 0.717) is 24.7 Å².